The number of nitrogens with one attached hydrogen (secondary N) is 2. The van der Waals surface area contributed by atoms with E-state index in [1.54, 1.807) is 11.0 Å². The number of piperidine rings is 1. The minimum Gasteiger partial charge on any atom is -0.331 e. The van der Waals surface area contributed by atoms with Crippen molar-refractivity contribution in [3.05, 3.63) is 71.5 Å². The Morgan fingerprint density at radius 2 is 1.48 bits per heavy atom. The highest BCUT2D eigenvalue weighted by Crippen LogP contribution is 2.14. The average Bonchev–Trinajstić information content (AvgIpc) is 2.77. The van der Waals surface area contributed by atoms with Gasteiger partial charge in [0.15, 0.2) is 0 Å². The van der Waals surface area contributed by atoms with E-state index in [1.165, 1.54) is 16.5 Å². The molecule has 2 aromatic rings. The molecular weight excluding hydrogens is 365 g/mol. The molecule has 0 atom stereocenters. The molecule has 154 valence electrons. The number of hydrogen-bond acceptors (Lipinski definition) is 1. The lowest BCUT2D eigenvalue weighted by Crippen LogP contribution is -3.13. The van der Waals surface area contributed by atoms with Crippen LogP contribution in [0.2, 0.25) is 0 Å². The van der Waals surface area contributed by atoms with Crippen LogP contribution in [0.15, 0.2) is 54.6 Å². The summed E-state index contributed by atoms with van der Waals surface area (Å²) in [6.45, 7) is 7.44. The van der Waals surface area contributed by atoms with Gasteiger partial charge in [-0.15, -0.1) is 0 Å². The van der Waals surface area contributed by atoms with E-state index in [-0.39, 0.29) is 11.7 Å². The fraction of sp³-hybridized carbons (Fsp3) is 0.458. The van der Waals surface area contributed by atoms with Crippen molar-refractivity contribution in [3.8, 4) is 0 Å². The van der Waals surface area contributed by atoms with Crippen LogP contribution in [0.5, 0.6) is 0 Å². The first-order chi connectivity index (χ1) is 14.2. The van der Waals surface area contributed by atoms with Crippen LogP contribution in [-0.4, -0.2) is 50.1 Å². The molecule has 0 aliphatic carbocycles. The van der Waals surface area contributed by atoms with E-state index in [2.05, 4.69) is 35.2 Å². The fourth-order valence-corrected chi connectivity index (χ4v) is 4.72. The minimum atomic E-state index is -0.117. The maximum absolute atomic E-state index is 13.9. The van der Waals surface area contributed by atoms with Gasteiger partial charge in [0, 0.05) is 29.9 Å². The molecule has 0 bridgehead atoms. The molecule has 4 rings (SSSR count). The summed E-state index contributed by atoms with van der Waals surface area (Å²) in [7, 11) is 0. The van der Waals surface area contributed by atoms with E-state index in [4.69, 9.17) is 0 Å². The first kappa shape index (κ1) is 20.0. The monoisotopic (exact) mass is 397 g/mol. The van der Waals surface area contributed by atoms with Crippen LogP contribution in [0.1, 0.15) is 24.0 Å². The second-order valence-corrected chi connectivity index (χ2v) is 8.53. The van der Waals surface area contributed by atoms with Gasteiger partial charge in [-0.3, -0.25) is 4.79 Å². The molecule has 2 aromatic carbocycles. The lowest BCUT2D eigenvalue weighted by atomic mass is 9.94. The number of amides is 1. The molecule has 5 heteroatoms. The number of benzene rings is 2. The molecule has 0 unspecified atom stereocenters. The zero-order chi connectivity index (χ0) is 20.1. The summed E-state index contributed by atoms with van der Waals surface area (Å²) >= 11 is 0. The Bertz CT molecular complexity index is 797. The third kappa shape index (κ3) is 5.22. The summed E-state index contributed by atoms with van der Waals surface area (Å²) in [5, 5.41) is 0. The Morgan fingerprint density at radius 1 is 0.862 bits per heavy atom. The number of quaternary nitrogens is 2. The Morgan fingerprint density at radius 3 is 2.17 bits per heavy atom. The van der Waals surface area contributed by atoms with Gasteiger partial charge in [0.1, 0.15) is 18.9 Å². The molecule has 2 aliphatic rings. The van der Waals surface area contributed by atoms with Gasteiger partial charge in [0.25, 0.3) is 0 Å². The van der Waals surface area contributed by atoms with Crippen LogP contribution in [-0.2, 0) is 17.9 Å². The minimum absolute atomic E-state index is 0.117. The number of hydrogen-bond donors (Lipinski definition) is 2. The van der Waals surface area contributed by atoms with Gasteiger partial charge in [-0.1, -0.05) is 48.5 Å². The molecule has 1 amide bonds. The highest BCUT2D eigenvalue weighted by atomic mass is 19.1. The molecule has 4 nitrogen and oxygen atoms in total. The Kier molecular flexibility index (Phi) is 6.57. The average molecular weight is 398 g/mol. The van der Waals surface area contributed by atoms with Crippen molar-refractivity contribution in [1.29, 1.82) is 0 Å². The molecule has 29 heavy (non-hydrogen) atoms. The SMILES string of the molecule is O=C(C1CC[NH+](Cc2ccccc2F)CC1)N1CC[NH+](Cc2ccccc2)CC1. The number of nitrogens with zero attached hydrogens (tertiary/aromatic N) is 1. The number of piperazine rings is 1. The summed E-state index contributed by atoms with van der Waals surface area (Å²) in [6, 6.07) is 17.6. The molecule has 0 saturated carbocycles. The van der Waals surface area contributed by atoms with E-state index < -0.39 is 0 Å². The van der Waals surface area contributed by atoms with Crippen molar-refractivity contribution in [1.82, 2.24) is 4.90 Å². The van der Waals surface area contributed by atoms with E-state index >= 15 is 0 Å². The van der Waals surface area contributed by atoms with Crippen molar-refractivity contribution in [3.63, 3.8) is 0 Å². The van der Waals surface area contributed by atoms with Crippen molar-refractivity contribution in [2.75, 3.05) is 39.3 Å². The van der Waals surface area contributed by atoms with Gasteiger partial charge in [0.05, 0.1) is 39.3 Å². The van der Waals surface area contributed by atoms with Crippen molar-refractivity contribution in [2.24, 2.45) is 5.92 Å². The number of halogens is 1. The second kappa shape index (κ2) is 9.51. The third-order valence-corrected chi connectivity index (χ3v) is 6.52. The zero-order valence-corrected chi connectivity index (χ0v) is 17.1. The number of carbonyl (C=O) groups is 1. The van der Waals surface area contributed by atoms with Crippen LogP contribution in [0.25, 0.3) is 0 Å². The van der Waals surface area contributed by atoms with Gasteiger partial charge in [-0.05, 0) is 6.07 Å². The standard InChI is InChI=1S/C24H30FN3O/c25-23-9-5-4-8-22(23)19-26-12-10-21(11-13-26)24(29)28-16-14-27(15-17-28)18-20-6-2-1-3-7-20/h1-9,21H,10-19H2/p+2. The molecule has 2 saturated heterocycles. The maximum atomic E-state index is 13.9. The summed E-state index contributed by atoms with van der Waals surface area (Å²) in [5.41, 5.74) is 2.15. The molecule has 2 fully saturated rings. The predicted octanol–water partition coefficient (Wildman–Crippen LogP) is 0.548. The summed E-state index contributed by atoms with van der Waals surface area (Å²) in [5.74, 6) is 0.373. The fourth-order valence-electron chi connectivity index (χ4n) is 4.72. The van der Waals surface area contributed by atoms with Crippen LogP contribution < -0.4 is 9.80 Å². The van der Waals surface area contributed by atoms with Crippen molar-refractivity contribution in [2.45, 2.75) is 25.9 Å². The van der Waals surface area contributed by atoms with Gasteiger partial charge < -0.3 is 14.7 Å². The van der Waals surface area contributed by atoms with Gasteiger partial charge in [0.2, 0.25) is 5.91 Å². The predicted molar refractivity (Wildman–Crippen MR) is 111 cm³/mol. The summed E-state index contributed by atoms with van der Waals surface area (Å²) in [4.78, 5) is 18.0. The van der Waals surface area contributed by atoms with E-state index in [0.29, 0.717) is 5.91 Å². The van der Waals surface area contributed by atoms with E-state index in [1.807, 2.05) is 12.1 Å². The largest absolute Gasteiger partial charge is 0.331 e. The van der Waals surface area contributed by atoms with Crippen LogP contribution in [0.3, 0.4) is 0 Å². The number of rotatable bonds is 5. The number of carbonyl (C=O) groups excluding carboxylic acids is 1. The molecule has 2 N–H and O–H groups in total. The third-order valence-electron chi connectivity index (χ3n) is 6.52. The molecular formula is C24H32FN3O+2. The summed E-state index contributed by atoms with van der Waals surface area (Å²) < 4.78 is 13.9. The molecule has 0 spiro atoms. The van der Waals surface area contributed by atoms with Crippen molar-refractivity contribution >= 4 is 5.91 Å². The van der Waals surface area contributed by atoms with Crippen molar-refractivity contribution < 1.29 is 19.0 Å². The lowest BCUT2D eigenvalue weighted by Gasteiger charge is -2.36. The number of likely N-dealkylation sites (tertiary alicyclic amines) is 1. The first-order valence-corrected chi connectivity index (χ1v) is 10.9. The van der Waals surface area contributed by atoms with E-state index in [0.717, 1.165) is 70.8 Å². The highest BCUT2D eigenvalue weighted by Gasteiger charge is 2.33. The van der Waals surface area contributed by atoms with Crippen LogP contribution in [0.4, 0.5) is 4.39 Å². The first-order valence-electron chi connectivity index (χ1n) is 10.9. The van der Waals surface area contributed by atoms with Gasteiger partial charge >= 0.3 is 0 Å². The molecule has 0 aromatic heterocycles. The molecule has 2 heterocycles. The van der Waals surface area contributed by atoms with Crippen LogP contribution in [0, 0.1) is 11.7 Å². The normalized spacial score (nSPS) is 23.1. The van der Waals surface area contributed by atoms with Crippen LogP contribution >= 0.6 is 0 Å². The smallest absolute Gasteiger partial charge is 0.226 e. The molecule has 2 aliphatic heterocycles. The topological polar surface area (TPSA) is 29.2 Å². The van der Waals surface area contributed by atoms with E-state index in [9.17, 15) is 9.18 Å². The quantitative estimate of drug-likeness (QED) is 0.758. The maximum Gasteiger partial charge on any atom is 0.226 e. The highest BCUT2D eigenvalue weighted by molar-refractivity contribution is 5.79. The Labute approximate surface area is 172 Å². The molecule has 0 radical (unpaired) electrons. The van der Waals surface area contributed by atoms with Gasteiger partial charge in [-0.2, -0.15) is 0 Å². The second-order valence-electron chi connectivity index (χ2n) is 8.53. The Hall–Kier alpha value is -2.24. The zero-order valence-electron chi connectivity index (χ0n) is 17.1. The Balaban J connectivity index is 1.21. The summed E-state index contributed by atoms with van der Waals surface area (Å²) in [6.07, 6.45) is 1.83. The van der Waals surface area contributed by atoms with Gasteiger partial charge in [-0.25, -0.2) is 4.39 Å². The lowest BCUT2D eigenvalue weighted by molar-refractivity contribution is -0.919.